The Hall–Kier alpha value is -2.24. The van der Waals surface area contributed by atoms with Crippen LogP contribution in [0.2, 0.25) is 0 Å². The van der Waals surface area contributed by atoms with Crippen LogP contribution in [0.25, 0.3) is 0 Å². The molecule has 2 aromatic carbocycles. The van der Waals surface area contributed by atoms with E-state index in [0.717, 1.165) is 12.0 Å². The summed E-state index contributed by atoms with van der Waals surface area (Å²) in [6.45, 7) is 3.17. The van der Waals surface area contributed by atoms with Crippen LogP contribution >= 0.6 is 12.4 Å². The van der Waals surface area contributed by atoms with Crippen LogP contribution in [0.3, 0.4) is 0 Å². The van der Waals surface area contributed by atoms with Crippen molar-refractivity contribution in [2.75, 3.05) is 24.3 Å². The minimum absolute atomic E-state index is 0. The number of hydrogen-bond donors (Lipinski definition) is 2. The number of halogens is 1. The van der Waals surface area contributed by atoms with Gasteiger partial charge in [0.05, 0.1) is 18.9 Å². The molecule has 0 bridgehead atoms. The first-order valence-electron chi connectivity index (χ1n) is 7.64. The molecule has 128 valence electrons. The molecule has 1 aliphatic heterocycles. The van der Waals surface area contributed by atoms with Crippen LogP contribution in [0.15, 0.2) is 42.5 Å². The second-order valence-electron chi connectivity index (χ2n) is 5.63. The van der Waals surface area contributed by atoms with Crippen LogP contribution in [0.5, 0.6) is 5.75 Å². The number of anilines is 2. The number of aryl methyl sites for hydroxylation is 1. The monoisotopic (exact) mass is 348 g/mol. The summed E-state index contributed by atoms with van der Waals surface area (Å²) in [5, 5.41) is 2.91. The smallest absolute Gasteiger partial charge is 0.256 e. The van der Waals surface area contributed by atoms with Gasteiger partial charge in [0.2, 0.25) is 0 Å². The topological polar surface area (TPSA) is 73.6 Å². The fourth-order valence-corrected chi connectivity index (χ4v) is 2.53. The Labute approximate surface area is 147 Å². The number of rotatable bonds is 4. The summed E-state index contributed by atoms with van der Waals surface area (Å²) in [5.41, 5.74) is 8.42. The van der Waals surface area contributed by atoms with Gasteiger partial charge in [-0.05, 0) is 36.8 Å². The van der Waals surface area contributed by atoms with E-state index in [-0.39, 0.29) is 24.4 Å². The highest BCUT2D eigenvalue weighted by molar-refractivity contribution is 6.06. The maximum atomic E-state index is 12.5. The molecule has 3 rings (SSSR count). The van der Waals surface area contributed by atoms with Crippen molar-refractivity contribution in [2.24, 2.45) is 0 Å². The third-order valence-corrected chi connectivity index (χ3v) is 3.82. The molecule has 0 aliphatic carbocycles. The Morgan fingerprint density at radius 3 is 2.83 bits per heavy atom. The standard InChI is InChI=1S/C18H20N2O3.ClH/c1-12-6-7-13(19)10-15(12)18(21)20-16-4-2-3-5-17(16)23-14-8-9-22-11-14;/h2-7,10,14H,8-9,11,19H2,1H3,(H,20,21);1H. The zero-order valence-electron chi connectivity index (χ0n) is 13.5. The van der Waals surface area contributed by atoms with Crippen molar-refractivity contribution in [2.45, 2.75) is 19.4 Å². The molecule has 1 atom stereocenters. The fourth-order valence-electron chi connectivity index (χ4n) is 2.53. The lowest BCUT2D eigenvalue weighted by atomic mass is 10.1. The minimum atomic E-state index is -0.200. The van der Waals surface area contributed by atoms with Gasteiger partial charge in [-0.1, -0.05) is 18.2 Å². The predicted octanol–water partition coefficient (Wildman–Crippen LogP) is 3.42. The Balaban J connectivity index is 0.00000208. The number of nitrogen functional groups attached to an aromatic ring is 1. The van der Waals surface area contributed by atoms with E-state index in [2.05, 4.69) is 5.32 Å². The van der Waals surface area contributed by atoms with Gasteiger partial charge in [0.1, 0.15) is 11.9 Å². The van der Waals surface area contributed by atoms with Gasteiger partial charge < -0.3 is 20.5 Å². The lowest BCUT2D eigenvalue weighted by Gasteiger charge is -2.16. The highest BCUT2D eigenvalue weighted by atomic mass is 35.5. The first-order chi connectivity index (χ1) is 11.1. The molecular weight excluding hydrogens is 328 g/mol. The van der Waals surface area contributed by atoms with Gasteiger partial charge in [-0.25, -0.2) is 0 Å². The van der Waals surface area contributed by atoms with E-state index in [4.69, 9.17) is 15.2 Å². The SMILES string of the molecule is Cc1ccc(N)cc1C(=O)Nc1ccccc1OC1CCOC1.Cl. The average Bonchev–Trinajstić information content (AvgIpc) is 3.04. The summed E-state index contributed by atoms with van der Waals surface area (Å²) < 4.78 is 11.3. The lowest BCUT2D eigenvalue weighted by Crippen LogP contribution is -2.18. The number of amides is 1. The van der Waals surface area contributed by atoms with Crippen molar-refractivity contribution in [1.29, 1.82) is 0 Å². The molecule has 1 fully saturated rings. The van der Waals surface area contributed by atoms with Gasteiger partial charge in [-0.3, -0.25) is 4.79 Å². The minimum Gasteiger partial charge on any atom is -0.486 e. The number of carbonyl (C=O) groups is 1. The second-order valence-corrected chi connectivity index (χ2v) is 5.63. The van der Waals surface area contributed by atoms with Gasteiger partial charge in [0.15, 0.2) is 0 Å². The quantitative estimate of drug-likeness (QED) is 0.830. The van der Waals surface area contributed by atoms with Gasteiger partial charge in [0, 0.05) is 17.7 Å². The molecule has 0 aromatic heterocycles. The van der Waals surface area contributed by atoms with E-state index in [1.807, 2.05) is 37.3 Å². The number of carbonyl (C=O) groups excluding carboxylic acids is 1. The Morgan fingerprint density at radius 2 is 2.08 bits per heavy atom. The molecule has 0 radical (unpaired) electrons. The highest BCUT2D eigenvalue weighted by Gasteiger charge is 2.19. The molecule has 6 heteroatoms. The molecule has 0 spiro atoms. The molecule has 1 unspecified atom stereocenters. The summed E-state index contributed by atoms with van der Waals surface area (Å²) in [5.74, 6) is 0.450. The van der Waals surface area contributed by atoms with Crippen LogP contribution in [-0.2, 0) is 4.74 Å². The third kappa shape index (κ3) is 4.19. The summed E-state index contributed by atoms with van der Waals surface area (Å²) in [7, 11) is 0. The maximum Gasteiger partial charge on any atom is 0.256 e. The van der Waals surface area contributed by atoms with Crippen molar-refractivity contribution >= 4 is 29.7 Å². The molecule has 2 aromatic rings. The van der Waals surface area contributed by atoms with E-state index in [9.17, 15) is 4.79 Å². The van der Waals surface area contributed by atoms with E-state index < -0.39 is 0 Å². The fraction of sp³-hybridized carbons (Fsp3) is 0.278. The van der Waals surface area contributed by atoms with Gasteiger partial charge in [-0.2, -0.15) is 0 Å². The first-order valence-corrected chi connectivity index (χ1v) is 7.64. The number of benzene rings is 2. The first kappa shape index (κ1) is 18.1. The number of nitrogens with one attached hydrogen (secondary N) is 1. The number of para-hydroxylation sites is 2. The number of hydrogen-bond acceptors (Lipinski definition) is 4. The van der Waals surface area contributed by atoms with Gasteiger partial charge in [-0.15, -0.1) is 12.4 Å². The molecule has 3 N–H and O–H groups in total. The largest absolute Gasteiger partial charge is 0.486 e. The van der Waals surface area contributed by atoms with Crippen LogP contribution < -0.4 is 15.8 Å². The second kappa shape index (κ2) is 8.04. The molecule has 1 amide bonds. The Bertz CT molecular complexity index is 715. The van der Waals surface area contributed by atoms with Crippen LogP contribution in [-0.4, -0.2) is 25.2 Å². The van der Waals surface area contributed by atoms with Crippen molar-refractivity contribution in [3.63, 3.8) is 0 Å². The van der Waals surface area contributed by atoms with E-state index in [0.29, 0.717) is 35.9 Å². The average molecular weight is 349 g/mol. The van der Waals surface area contributed by atoms with Crippen LogP contribution in [0.4, 0.5) is 11.4 Å². The van der Waals surface area contributed by atoms with Gasteiger partial charge in [0.25, 0.3) is 5.91 Å². The van der Waals surface area contributed by atoms with Crippen LogP contribution in [0, 0.1) is 6.92 Å². The predicted molar refractivity (Wildman–Crippen MR) is 97.1 cm³/mol. The molecule has 1 saturated heterocycles. The van der Waals surface area contributed by atoms with E-state index >= 15 is 0 Å². The van der Waals surface area contributed by atoms with E-state index in [1.165, 1.54) is 0 Å². The maximum absolute atomic E-state index is 12.5. The molecule has 5 nitrogen and oxygen atoms in total. The lowest BCUT2D eigenvalue weighted by molar-refractivity contribution is 0.102. The van der Waals surface area contributed by atoms with E-state index in [1.54, 1.807) is 12.1 Å². The summed E-state index contributed by atoms with van der Waals surface area (Å²) in [6, 6.07) is 12.7. The Morgan fingerprint density at radius 1 is 1.29 bits per heavy atom. The molecule has 0 saturated carbocycles. The van der Waals surface area contributed by atoms with Crippen LogP contribution in [0.1, 0.15) is 22.3 Å². The number of nitrogens with two attached hydrogens (primary N) is 1. The summed E-state index contributed by atoms with van der Waals surface area (Å²) in [6.07, 6.45) is 0.888. The third-order valence-electron chi connectivity index (χ3n) is 3.82. The van der Waals surface area contributed by atoms with Crippen molar-refractivity contribution in [3.05, 3.63) is 53.6 Å². The normalized spacial score (nSPS) is 16.3. The van der Waals surface area contributed by atoms with Gasteiger partial charge >= 0.3 is 0 Å². The van der Waals surface area contributed by atoms with Crippen molar-refractivity contribution in [3.8, 4) is 5.75 Å². The molecular formula is C18H21ClN2O3. The molecule has 1 heterocycles. The summed E-state index contributed by atoms with van der Waals surface area (Å²) in [4.78, 5) is 12.5. The molecule has 24 heavy (non-hydrogen) atoms. The zero-order valence-corrected chi connectivity index (χ0v) is 14.3. The highest BCUT2D eigenvalue weighted by Crippen LogP contribution is 2.27. The van der Waals surface area contributed by atoms with Crippen molar-refractivity contribution < 1.29 is 14.3 Å². The Kier molecular flexibility index (Phi) is 6.06. The summed E-state index contributed by atoms with van der Waals surface area (Å²) >= 11 is 0. The number of ether oxygens (including phenoxy) is 2. The molecule has 1 aliphatic rings. The zero-order chi connectivity index (χ0) is 16.2. The van der Waals surface area contributed by atoms with Crippen molar-refractivity contribution in [1.82, 2.24) is 0 Å².